The third-order valence-corrected chi connectivity index (χ3v) is 2.88. The van der Waals surface area contributed by atoms with Gasteiger partial charge in [0.25, 0.3) is 5.56 Å². The average Bonchev–Trinajstić information content (AvgIpc) is 2.60. The highest BCUT2D eigenvalue weighted by Crippen LogP contribution is 2.36. The monoisotopic (exact) mass is 280 g/mol. The van der Waals surface area contributed by atoms with Gasteiger partial charge in [0.15, 0.2) is 6.23 Å². The third kappa shape index (κ3) is 2.19. The van der Waals surface area contributed by atoms with Gasteiger partial charge in [-0.15, -0.1) is 0 Å². The molecule has 2 rings (SSSR count). The number of nitrogens with zero attached hydrogens (tertiary/aromatic N) is 1. The van der Waals surface area contributed by atoms with E-state index in [1.165, 1.54) is 0 Å². The third-order valence-electron chi connectivity index (χ3n) is 2.61. The van der Waals surface area contributed by atoms with Gasteiger partial charge < -0.3 is 14.9 Å². The first kappa shape index (κ1) is 13.2. The second kappa shape index (κ2) is 4.47. The predicted octanol–water partition coefficient (Wildman–Crippen LogP) is -0.872. The van der Waals surface area contributed by atoms with Crippen molar-refractivity contribution in [3.8, 4) is 0 Å². The van der Waals surface area contributed by atoms with Gasteiger partial charge in [-0.2, -0.15) is 0 Å². The summed E-state index contributed by atoms with van der Waals surface area (Å²) in [5, 5.41) is 18.1. The molecule has 3 N–H and O–H groups in total. The minimum atomic E-state index is -2.42. The van der Waals surface area contributed by atoms with E-state index < -0.39 is 42.5 Å². The van der Waals surface area contributed by atoms with Gasteiger partial charge in [-0.25, -0.2) is 9.18 Å². The lowest BCUT2D eigenvalue weighted by atomic mass is 10.2. The van der Waals surface area contributed by atoms with E-state index in [-0.39, 0.29) is 5.02 Å². The molecule has 0 saturated carbocycles. The molecule has 0 radical (unpaired) electrons. The Morgan fingerprint density at radius 2 is 2.33 bits per heavy atom. The minimum Gasteiger partial charge on any atom is -0.390 e. The number of nitrogens with one attached hydrogen (secondary N) is 1. The van der Waals surface area contributed by atoms with Crippen molar-refractivity contribution in [2.24, 2.45) is 0 Å². The Kier molecular flexibility index (Phi) is 3.28. The normalized spacial score (nSPS) is 31.8. The fraction of sp³-hybridized carbons (Fsp3) is 0.556. The fourth-order valence-corrected chi connectivity index (χ4v) is 1.90. The van der Waals surface area contributed by atoms with Gasteiger partial charge in [-0.1, -0.05) is 11.6 Å². The van der Waals surface area contributed by atoms with Crippen LogP contribution in [0.15, 0.2) is 15.8 Å². The highest BCUT2D eigenvalue weighted by molar-refractivity contribution is 6.30. The number of aliphatic hydroxyl groups is 2. The van der Waals surface area contributed by atoms with Crippen molar-refractivity contribution in [3.05, 3.63) is 32.1 Å². The van der Waals surface area contributed by atoms with Crippen molar-refractivity contribution in [2.75, 3.05) is 6.61 Å². The second-order valence-corrected chi connectivity index (χ2v) is 4.37. The lowest BCUT2D eigenvalue weighted by Gasteiger charge is -2.19. The van der Waals surface area contributed by atoms with E-state index in [2.05, 4.69) is 0 Å². The molecule has 100 valence electrons. The quantitative estimate of drug-likeness (QED) is 0.653. The Bertz CT molecular complexity index is 573. The molecule has 0 amide bonds. The van der Waals surface area contributed by atoms with Gasteiger partial charge in [0, 0.05) is 12.6 Å². The van der Waals surface area contributed by atoms with Crippen LogP contribution in [0.5, 0.6) is 0 Å². The Hall–Kier alpha value is -1.22. The molecule has 18 heavy (non-hydrogen) atoms. The number of halogens is 2. The van der Waals surface area contributed by atoms with Crippen LogP contribution < -0.4 is 11.2 Å². The van der Waals surface area contributed by atoms with E-state index in [4.69, 9.17) is 21.4 Å². The summed E-state index contributed by atoms with van der Waals surface area (Å²) in [6.45, 7) is -0.952. The molecule has 0 aliphatic carbocycles. The highest BCUT2D eigenvalue weighted by Gasteiger charge is 2.47. The van der Waals surface area contributed by atoms with Gasteiger partial charge in [-0.3, -0.25) is 14.3 Å². The zero-order chi connectivity index (χ0) is 13.5. The van der Waals surface area contributed by atoms with Gasteiger partial charge in [0.05, 0.1) is 0 Å². The van der Waals surface area contributed by atoms with E-state index >= 15 is 0 Å². The summed E-state index contributed by atoms with van der Waals surface area (Å²) < 4.78 is 19.2. The van der Waals surface area contributed by atoms with Crippen LogP contribution in [0.4, 0.5) is 4.39 Å². The van der Waals surface area contributed by atoms with Crippen LogP contribution in [-0.4, -0.2) is 38.3 Å². The van der Waals surface area contributed by atoms with Crippen molar-refractivity contribution in [1.29, 1.82) is 0 Å². The van der Waals surface area contributed by atoms with Crippen molar-refractivity contribution in [3.63, 3.8) is 0 Å². The molecule has 1 fully saturated rings. The molecule has 0 spiro atoms. The lowest BCUT2D eigenvalue weighted by Crippen LogP contribution is -2.36. The van der Waals surface area contributed by atoms with Crippen molar-refractivity contribution >= 4 is 11.6 Å². The van der Waals surface area contributed by atoms with Crippen LogP contribution >= 0.6 is 11.6 Å². The van der Waals surface area contributed by atoms with E-state index in [0.717, 1.165) is 10.8 Å². The minimum absolute atomic E-state index is 0.300. The van der Waals surface area contributed by atoms with Gasteiger partial charge in [-0.05, 0) is 0 Å². The molecule has 1 aliphatic heterocycles. The number of alkyl halides is 1. The van der Waals surface area contributed by atoms with Crippen LogP contribution in [-0.2, 0) is 4.74 Å². The average molecular weight is 281 g/mol. The summed E-state index contributed by atoms with van der Waals surface area (Å²) in [7, 11) is 0. The van der Waals surface area contributed by atoms with Gasteiger partial charge in [0.2, 0.25) is 5.85 Å². The van der Waals surface area contributed by atoms with Crippen LogP contribution in [0.2, 0.25) is 5.02 Å². The zero-order valence-corrected chi connectivity index (χ0v) is 9.72. The molecule has 2 heterocycles. The van der Waals surface area contributed by atoms with E-state index in [1.807, 2.05) is 4.98 Å². The molecule has 0 aromatic carbocycles. The standard InChI is InChI=1S/C9H10ClFN2O5/c10-4-2-13(8(17)12-6(4)16)7-5(15)1-9(11,3-14)18-7/h2,5,7,14-15H,1,3H2,(H,12,16,17)/t5-,7-,9+/m1/s1. The number of hydrogen-bond acceptors (Lipinski definition) is 5. The molecule has 1 aliphatic rings. The van der Waals surface area contributed by atoms with E-state index in [1.54, 1.807) is 0 Å². The van der Waals surface area contributed by atoms with Crippen LogP contribution in [0.25, 0.3) is 0 Å². The van der Waals surface area contributed by atoms with Crippen molar-refractivity contribution < 1.29 is 19.3 Å². The molecule has 1 aromatic rings. The molecule has 0 bridgehead atoms. The van der Waals surface area contributed by atoms with E-state index in [0.29, 0.717) is 0 Å². The summed E-state index contributed by atoms with van der Waals surface area (Å²) in [6, 6.07) is 0. The topological polar surface area (TPSA) is 105 Å². The maximum absolute atomic E-state index is 13.7. The number of ether oxygens (including phenoxy) is 1. The second-order valence-electron chi connectivity index (χ2n) is 3.96. The summed E-state index contributed by atoms with van der Waals surface area (Å²) in [5.74, 6) is -2.42. The summed E-state index contributed by atoms with van der Waals surface area (Å²) >= 11 is 5.53. The number of aliphatic hydroxyl groups excluding tert-OH is 2. The number of rotatable bonds is 2. The molecule has 3 atom stereocenters. The number of hydrogen-bond donors (Lipinski definition) is 3. The molecule has 7 nitrogen and oxygen atoms in total. The fourth-order valence-electron chi connectivity index (χ4n) is 1.75. The Morgan fingerprint density at radius 3 is 2.89 bits per heavy atom. The van der Waals surface area contributed by atoms with Crippen LogP contribution in [0, 0.1) is 0 Å². The predicted molar refractivity (Wildman–Crippen MR) is 58.0 cm³/mol. The Balaban J connectivity index is 2.42. The van der Waals surface area contributed by atoms with Crippen LogP contribution in [0.3, 0.4) is 0 Å². The highest BCUT2D eigenvalue weighted by atomic mass is 35.5. The zero-order valence-electron chi connectivity index (χ0n) is 8.97. The van der Waals surface area contributed by atoms with Crippen molar-refractivity contribution in [1.82, 2.24) is 9.55 Å². The Morgan fingerprint density at radius 1 is 1.67 bits per heavy atom. The SMILES string of the molecule is O=c1[nH]c(=O)n([C@@H]2O[C@](F)(CO)C[C@H]2O)cc1Cl. The molecule has 9 heteroatoms. The summed E-state index contributed by atoms with van der Waals surface area (Å²) in [4.78, 5) is 24.4. The molecular formula is C9H10ClFN2O5. The maximum atomic E-state index is 13.7. The summed E-state index contributed by atoms with van der Waals surface area (Å²) in [5.41, 5.74) is -1.69. The first-order valence-electron chi connectivity index (χ1n) is 5.03. The number of aromatic amines is 1. The van der Waals surface area contributed by atoms with Gasteiger partial charge >= 0.3 is 5.69 Å². The largest absolute Gasteiger partial charge is 0.390 e. The number of H-pyrrole nitrogens is 1. The molecule has 1 aromatic heterocycles. The molecular weight excluding hydrogens is 271 g/mol. The first-order valence-corrected chi connectivity index (χ1v) is 5.41. The molecule has 1 saturated heterocycles. The number of aromatic nitrogens is 2. The van der Waals surface area contributed by atoms with E-state index in [9.17, 15) is 19.1 Å². The van der Waals surface area contributed by atoms with Gasteiger partial charge in [0.1, 0.15) is 17.7 Å². The van der Waals surface area contributed by atoms with Crippen molar-refractivity contribution in [2.45, 2.75) is 24.6 Å². The molecule has 0 unspecified atom stereocenters. The Labute approximate surface area is 104 Å². The lowest BCUT2D eigenvalue weighted by molar-refractivity contribution is -0.180. The first-order chi connectivity index (χ1) is 8.36. The summed E-state index contributed by atoms with van der Waals surface area (Å²) in [6.07, 6.45) is -2.25. The maximum Gasteiger partial charge on any atom is 0.330 e. The smallest absolute Gasteiger partial charge is 0.330 e. The van der Waals surface area contributed by atoms with Crippen LogP contribution in [0.1, 0.15) is 12.6 Å².